The molecule has 0 aliphatic rings. The zero-order valence-corrected chi connectivity index (χ0v) is 9.71. The number of carbonyl (C=O) groups is 1. The molecule has 0 amide bonds. The predicted molar refractivity (Wildman–Crippen MR) is 66.0 cm³/mol. The summed E-state index contributed by atoms with van der Waals surface area (Å²) < 4.78 is 0. The normalized spacial score (nSPS) is 10.2. The Bertz CT molecular complexity index is 529. The average molecular weight is 243 g/mol. The number of aromatic nitrogens is 2. The summed E-state index contributed by atoms with van der Waals surface area (Å²) in [6.45, 7) is 1.14. The smallest absolute Gasteiger partial charge is 0.335 e. The van der Waals surface area contributed by atoms with Gasteiger partial charge in [0.05, 0.1) is 17.0 Å². The van der Waals surface area contributed by atoms with Crippen LogP contribution in [0, 0.1) is 0 Å². The van der Waals surface area contributed by atoms with Gasteiger partial charge in [-0.2, -0.15) is 0 Å². The van der Waals surface area contributed by atoms with Gasteiger partial charge in [-0.15, -0.1) is 0 Å². The molecule has 92 valence electrons. The van der Waals surface area contributed by atoms with Crippen LogP contribution in [0.1, 0.15) is 21.7 Å². The van der Waals surface area contributed by atoms with Gasteiger partial charge in [0.1, 0.15) is 0 Å². The monoisotopic (exact) mass is 243 g/mol. The van der Waals surface area contributed by atoms with E-state index < -0.39 is 5.97 Å². The summed E-state index contributed by atoms with van der Waals surface area (Å²) in [5, 5.41) is 12.0. The van der Waals surface area contributed by atoms with Crippen molar-refractivity contribution in [2.45, 2.75) is 13.1 Å². The van der Waals surface area contributed by atoms with Gasteiger partial charge in [-0.25, -0.2) is 4.79 Å². The molecule has 0 saturated carbocycles. The van der Waals surface area contributed by atoms with Gasteiger partial charge in [0, 0.05) is 25.5 Å². The van der Waals surface area contributed by atoms with Gasteiger partial charge >= 0.3 is 5.97 Å². The number of pyridine rings is 2. The zero-order valence-electron chi connectivity index (χ0n) is 9.71. The zero-order chi connectivity index (χ0) is 12.8. The Morgan fingerprint density at radius 3 is 2.61 bits per heavy atom. The number of carboxylic acids is 1. The summed E-state index contributed by atoms with van der Waals surface area (Å²) >= 11 is 0. The highest BCUT2D eigenvalue weighted by molar-refractivity contribution is 5.87. The van der Waals surface area contributed by atoms with Gasteiger partial charge in [0.2, 0.25) is 0 Å². The maximum Gasteiger partial charge on any atom is 0.335 e. The number of aromatic carboxylic acids is 1. The Balaban J connectivity index is 1.90. The minimum absolute atomic E-state index is 0.250. The maximum atomic E-state index is 10.8. The highest BCUT2D eigenvalue weighted by Crippen LogP contribution is 2.02. The fourth-order valence-corrected chi connectivity index (χ4v) is 1.53. The molecule has 0 unspecified atom stereocenters. The largest absolute Gasteiger partial charge is 0.478 e. The molecule has 2 N–H and O–H groups in total. The number of nitrogens with zero attached hydrogens (tertiary/aromatic N) is 2. The minimum Gasteiger partial charge on any atom is -0.478 e. The second kappa shape index (κ2) is 5.88. The molecule has 2 rings (SSSR count). The van der Waals surface area contributed by atoms with Gasteiger partial charge < -0.3 is 10.4 Å². The van der Waals surface area contributed by atoms with Crippen molar-refractivity contribution in [2.75, 3.05) is 0 Å². The number of rotatable bonds is 5. The molecule has 0 spiro atoms. The summed E-state index contributed by atoms with van der Waals surface area (Å²) in [7, 11) is 0. The van der Waals surface area contributed by atoms with Gasteiger partial charge in [0.15, 0.2) is 0 Å². The molecule has 0 radical (unpaired) electrons. The molecule has 2 heterocycles. The standard InChI is InChI=1S/C13H13N3O2/c17-13(18)10-4-6-16-12(7-10)9-14-8-11-3-1-2-5-15-11/h1-7,14H,8-9H2,(H,17,18). The van der Waals surface area contributed by atoms with Crippen LogP contribution in [0.3, 0.4) is 0 Å². The van der Waals surface area contributed by atoms with Crippen LogP contribution in [0.2, 0.25) is 0 Å². The van der Waals surface area contributed by atoms with Crippen LogP contribution in [-0.2, 0) is 13.1 Å². The van der Waals surface area contributed by atoms with Crippen molar-refractivity contribution in [1.82, 2.24) is 15.3 Å². The lowest BCUT2D eigenvalue weighted by atomic mass is 10.2. The molecule has 2 aromatic rings. The lowest BCUT2D eigenvalue weighted by molar-refractivity contribution is 0.0696. The van der Waals surface area contributed by atoms with Crippen molar-refractivity contribution in [3.63, 3.8) is 0 Å². The molecule has 0 fully saturated rings. The van der Waals surface area contributed by atoms with Crippen molar-refractivity contribution in [3.8, 4) is 0 Å². The van der Waals surface area contributed by atoms with Gasteiger partial charge in [0.25, 0.3) is 0 Å². The van der Waals surface area contributed by atoms with Crippen LogP contribution in [0.15, 0.2) is 42.7 Å². The SMILES string of the molecule is O=C(O)c1ccnc(CNCc2ccccn2)c1. The summed E-state index contributed by atoms with van der Waals surface area (Å²) in [4.78, 5) is 19.1. The average Bonchev–Trinajstić information content (AvgIpc) is 2.40. The van der Waals surface area contributed by atoms with Crippen molar-refractivity contribution >= 4 is 5.97 Å². The fraction of sp³-hybridized carbons (Fsp3) is 0.154. The van der Waals surface area contributed by atoms with Gasteiger partial charge in [-0.05, 0) is 24.3 Å². The van der Waals surface area contributed by atoms with Crippen molar-refractivity contribution < 1.29 is 9.90 Å². The Hall–Kier alpha value is -2.27. The number of nitrogens with one attached hydrogen (secondary N) is 1. The summed E-state index contributed by atoms with van der Waals surface area (Å²) in [5.41, 5.74) is 1.89. The number of hydrogen-bond acceptors (Lipinski definition) is 4. The molecule has 0 atom stereocenters. The van der Waals surface area contributed by atoms with E-state index >= 15 is 0 Å². The van der Waals surface area contributed by atoms with E-state index in [-0.39, 0.29) is 5.56 Å². The maximum absolute atomic E-state index is 10.8. The second-order valence-corrected chi connectivity index (χ2v) is 3.77. The second-order valence-electron chi connectivity index (χ2n) is 3.77. The van der Waals surface area contributed by atoms with E-state index in [1.165, 1.54) is 12.3 Å². The third kappa shape index (κ3) is 3.36. The molecule has 0 aromatic carbocycles. The van der Waals surface area contributed by atoms with Crippen molar-refractivity contribution in [3.05, 3.63) is 59.7 Å². The first-order valence-corrected chi connectivity index (χ1v) is 5.54. The molecular weight excluding hydrogens is 230 g/mol. The highest BCUT2D eigenvalue weighted by Gasteiger charge is 2.03. The molecule has 0 aliphatic carbocycles. The topological polar surface area (TPSA) is 75.1 Å². The molecule has 2 aromatic heterocycles. The fourth-order valence-electron chi connectivity index (χ4n) is 1.53. The highest BCUT2D eigenvalue weighted by atomic mass is 16.4. The Morgan fingerprint density at radius 1 is 1.11 bits per heavy atom. The van der Waals surface area contributed by atoms with Crippen molar-refractivity contribution in [2.24, 2.45) is 0 Å². The van der Waals surface area contributed by atoms with E-state index in [9.17, 15) is 4.79 Å². The summed E-state index contributed by atoms with van der Waals surface area (Å²) in [5.74, 6) is -0.941. The first-order chi connectivity index (χ1) is 8.75. The lowest BCUT2D eigenvalue weighted by Crippen LogP contribution is -2.15. The third-order valence-electron chi connectivity index (χ3n) is 2.40. The van der Waals surface area contributed by atoms with E-state index in [0.29, 0.717) is 18.8 Å². The van der Waals surface area contributed by atoms with Crippen LogP contribution in [0.4, 0.5) is 0 Å². The molecular formula is C13H13N3O2. The molecule has 0 aliphatic heterocycles. The molecule has 5 nitrogen and oxygen atoms in total. The van der Waals surface area contributed by atoms with Crippen molar-refractivity contribution in [1.29, 1.82) is 0 Å². The van der Waals surface area contributed by atoms with Crippen LogP contribution in [-0.4, -0.2) is 21.0 Å². The quantitative estimate of drug-likeness (QED) is 0.831. The Kier molecular flexibility index (Phi) is 3.98. The summed E-state index contributed by atoms with van der Waals surface area (Å²) in [6, 6.07) is 8.75. The predicted octanol–water partition coefficient (Wildman–Crippen LogP) is 1.46. The van der Waals surface area contributed by atoms with Gasteiger partial charge in [-0.3, -0.25) is 9.97 Å². The number of hydrogen-bond donors (Lipinski definition) is 2. The summed E-state index contributed by atoms with van der Waals surface area (Å²) in [6.07, 6.45) is 3.24. The van der Waals surface area contributed by atoms with E-state index in [4.69, 9.17) is 5.11 Å². The van der Waals surface area contributed by atoms with Gasteiger partial charge in [-0.1, -0.05) is 6.07 Å². The van der Waals surface area contributed by atoms with E-state index in [2.05, 4.69) is 15.3 Å². The number of carboxylic acid groups (broad SMARTS) is 1. The molecule has 0 saturated heterocycles. The molecule has 5 heteroatoms. The first-order valence-electron chi connectivity index (χ1n) is 5.54. The Labute approximate surface area is 105 Å². The first kappa shape index (κ1) is 12.2. The van der Waals surface area contributed by atoms with Crippen LogP contribution < -0.4 is 5.32 Å². The Morgan fingerprint density at radius 2 is 1.89 bits per heavy atom. The van der Waals surface area contributed by atoms with E-state index in [1.54, 1.807) is 12.3 Å². The van der Waals surface area contributed by atoms with Crippen LogP contribution in [0.5, 0.6) is 0 Å². The van der Waals surface area contributed by atoms with Crippen LogP contribution >= 0.6 is 0 Å². The molecule has 18 heavy (non-hydrogen) atoms. The third-order valence-corrected chi connectivity index (χ3v) is 2.40. The molecule has 0 bridgehead atoms. The van der Waals surface area contributed by atoms with Crippen LogP contribution in [0.25, 0.3) is 0 Å². The van der Waals surface area contributed by atoms with E-state index in [1.807, 2.05) is 18.2 Å². The van der Waals surface area contributed by atoms with E-state index in [0.717, 1.165) is 5.69 Å². The lowest BCUT2D eigenvalue weighted by Gasteiger charge is -2.04. The minimum atomic E-state index is -0.941.